The van der Waals surface area contributed by atoms with Crippen molar-refractivity contribution in [2.24, 2.45) is 5.73 Å². The van der Waals surface area contributed by atoms with Crippen molar-refractivity contribution >= 4 is 5.91 Å². The summed E-state index contributed by atoms with van der Waals surface area (Å²) in [4.78, 5) is 11.2. The van der Waals surface area contributed by atoms with Gasteiger partial charge in [-0.3, -0.25) is 4.79 Å². The van der Waals surface area contributed by atoms with E-state index in [1.54, 1.807) is 19.2 Å². The number of ether oxygens (including phenoxy) is 2. The number of amides is 1. The maximum atomic E-state index is 11.2. The van der Waals surface area contributed by atoms with Gasteiger partial charge in [0, 0.05) is 19.2 Å². The van der Waals surface area contributed by atoms with Crippen molar-refractivity contribution in [3.05, 3.63) is 23.8 Å². The van der Waals surface area contributed by atoms with Gasteiger partial charge in [-0.05, 0) is 24.6 Å². The number of benzene rings is 1. The summed E-state index contributed by atoms with van der Waals surface area (Å²) in [6.07, 6.45) is 0. The van der Waals surface area contributed by atoms with Gasteiger partial charge in [-0.15, -0.1) is 0 Å². The van der Waals surface area contributed by atoms with Crippen LogP contribution >= 0.6 is 0 Å². The number of rotatable bonds is 6. The lowest BCUT2D eigenvalue weighted by atomic mass is 10.2. The van der Waals surface area contributed by atoms with Gasteiger partial charge in [-0.1, -0.05) is 0 Å². The largest absolute Gasteiger partial charge is 0.497 e. The number of hydrogen-bond acceptors (Lipinski definition) is 4. The SMILES string of the molecule is CCNC(=O)COc1cc(CN)cc(OC)c1. The molecule has 0 aliphatic carbocycles. The van der Waals surface area contributed by atoms with Crippen LogP contribution in [0.15, 0.2) is 18.2 Å². The van der Waals surface area contributed by atoms with Crippen LogP contribution in [0.3, 0.4) is 0 Å². The Morgan fingerprint density at radius 1 is 1.35 bits per heavy atom. The molecule has 0 saturated carbocycles. The Kier molecular flexibility index (Phi) is 5.29. The molecule has 1 rings (SSSR count). The van der Waals surface area contributed by atoms with E-state index in [1.165, 1.54) is 0 Å². The first-order valence-corrected chi connectivity index (χ1v) is 5.47. The summed E-state index contributed by atoms with van der Waals surface area (Å²) in [5, 5.41) is 2.65. The number of nitrogens with two attached hydrogens (primary N) is 1. The fraction of sp³-hybridized carbons (Fsp3) is 0.417. The van der Waals surface area contributed by atoms with Crippen LogP contribution in [0.2, 0.25) is 0 Å². The predicted molar refractivity (Wildman–Crippen MR) is 65.1 cm³/mol. The molecule has 0 fully saturated rings. The van der Waals surface area contributed by atoms with Crippen LogP contribution in [0.1, 0.15) is 12.5 Å². The minimum atomic E-state index is -0.149. The summed E-state index contributed by atoms with van der Waals surface area (Å²) in [7, 11) is 1.57. The zero-order chi connectivity index (χ0) is 12.7. The molecule has 5 nitrogen and oxygen atoms in total. The van der Waals surface area contributed by atoms with Gasteiger partial charge in [0.05, 0.1) is 7.11 Å². The number of hydrogen-bond donors (Lipinski definition) is 2. The monoisotopic (exact) mass is 238 g/mol. The van der Waals surface area contributed by atoms with Gasteiger partial charge in [-0.25, -0.2) is 0 Å². The molecule has 0 heterocycles. The molecular weight excluding hydrogens is 220 g/mol. The highest BCUT2D eigenvalue weighted by Crippen LogP contribution is 2.22. The normalized spacial score (nSPS) is 9.82. The van der Waals surface area contributed by atoms with E-state index in [0.29, 0.717) is 24.6 Å². The van der Waals surface area contributed by atoms with Crippen LogP contribution in [0.4, 0.5) is 0 Å². The molecule has 0 spiro atoms. The van der Waals surface area contributed by atoms with E-state index in [1.807, 2.05) is 13.0 Å². The molecule has 0 aliphatic heterocycles. The van der Waals surface area contributed by atoms with Crippen molar-refractivity contribution in [3.8, 4) is 11.5 Å². The lowest BCUT2D eigenvalue weighted by Gasteiger charge is -2.09. The minimum absolute atomic E-state index is 0.00891. The molecule has 94 valence electrons. The lowest BCUT2D eigenvalue weighted by Crippen LogP contribution is -2.28. The van der Waals surface area contributed by atoms with E-state index in [4.69, 9.17) is 15.2 Å². The van der Waals surface area contributed by atoms with E-state index in [9.17, 15) is 4.79 Å². The number of methoxy groups -OCH3 is 1. The molecule has 1 aromatic rings. The molecule has 0 atom stereocenters. The van der Waals surface area contributed by atoms with Crippen molar-refractivity contribution in [1.82, 2.24) is 5.32 Å². The number of likely N-dealkylation sites (N-methyl/N-ethyl adjacent to an activating group) is 1. The second kappa shape index (κ2) is 6.75. The molecule has 1 aromatic carbocycles. The maximum absolute atomic E-state index is 11.2. The van der Waals surface area contributed by atoms with Crippen LogP contribution in [-0.2, 0) is 11.3 Å². The van der Waals surface area contributed by atoms with E-state index >= 15 is 0 Å². The molecule has 0 unspecified atom stereocenters. The van der Waals surface area contributed by atoms with Crippen LogP contribution < -0.4 is 20.5 Å². The summed E-state index contributed by atoms with van der Waals surface area (Å²) in [5.74, 6) is 1.10. The highest BCUT2D eigenvalue weighted by atomic mass is 16.5. The van der Waals surface area contributed by atoms with Crippen molar-refractivity contribution < 1.29 is 14.3 Å². The van der Waals surface area contributed by atoms with Gasteiger partial charge in [-0.2, -0.15) is 0 Å². The van der Waals surface area contributed by atoms with E-state index in [2.05, 4.69) is 5.32 Å². The first-order valence-electron chi connectivity index (χ1n) is 5.47. The third-order valence-electron chi connectivity index (χ3n) is 2.16. The molecule has 0 aliphatic rings. The number of carbonyl (C=O) groups is 1. The minimum Gasteiger partial charge on any atom is -0.497 e. The summed E-state index contributed by atoms with van der Waals surface area (Å²) in [6, 6.07) is 5.35. The number of nitrogens with one attached hydrogen (secondary N) is 1. The summed E-state index contributed by atoms with van der Waals surface area (Å²) in [5.41, 5.74) is 6.45. The number of carbonyl (C=O) groups excluding carboxylic acids is 1. The van der Waals surface area contributed by atoms with Gasteiger partial charge in [0.2, 0.25) is 0 Å². The van der Waals surface area contributed by atoms with E-state index < -0.39 is 0 Å². The smallest absolute Gasteiger partial charge is 0.257 e. The predicted octanol–water partition coefficient (Wildman–Crippen LogP) is 0.669. The van der Waals surface area contributed by atoms with Crippen molar-refractivity contribution in [1.29, 1.82) is 0 Å². The Morgan fingerprint density at radius 2 is 2.06 bits per heavy atom. The van der Waals surface area contributed by atoms with Gasteiger partial charge < -0.3 is 20.5 Å². The van der Waals surface area contributed by atoms with E-state index in [0.717, 1.165) is 5.56 Å². The van der Waals surface area contributed by atoms with Crippen molar-refractivity contribution in [3.63, 3.8) is 0 Å². The Balaban J connectivity index is 2.66. The Bertz CT molecular complexity index is 358. The van der Waals surface area contributed by atoms with Crippen LogP contribution in [0, 0.1) is 0 Å². The second-order valence-corrected chi connectivity index (χ2v) is 3.46. The first-order chi connectivity index (χ1) is 8.19. The Labute approximate surface area is 101 Å². The molecule has 5 heteroatoms. The van der Waals surface area contributed by atoms with Gasteiger partial charge in [0.25, 0.3) is 5.91 Å². The Morgan fingerprint density at radius 3 is 2.65 bits per heavy atom. The summed E-state index contributed by atoms with van der Waals surface area (Å²) >= 11 is 0. The molecule has 0 saturated heterocycles. The lowest BCUT2D eigenvalue weighted by molar-refractivity contribution is -0.122. The average molecular weight is 238 g/mol. The summed E-state index contributed by atoms with van der Waals surface area (Å²) < 4.78 is 10.5. The zero-order valence-corrected chi connectivity index (χ0v) is 10.2. The van der Waals surface area contributed by atoms with Gasteiger partial charge in [0.1, 0.15) is 11.5 Å². The molecule has 1 amide bonds. The molecule has 3 N–H and O–H groups in total. The highest BCUT2D eigenvalue weighted by molar-refractivity contribution is 5.77. The van der Waals surface area contributed by atoms with Crippen LogP contribution in [0.25, 0.3) is 0 Å². The van der Waals surface area contributed by atoms with E-state index in [-0.39, 0.29) is 12.5 Å². The molecule has 0 bridgehead atoms. The quantitative estimate of drug-likeness (QED) is 0.764. The fourth-order valence-electron chi connectivity index (χ4n) is 1.35. The van der Waals surface area contributed by atoms with Gasteiger partial charge >= 0.3 is 0 Å². The molecule has 0 aromatic heterocycles. The second-order valence-electron chi connectivity index (χ2n) is 3.46. The van der Waals surface area contributed by atoms with Gasteiger partial charge in [0.15, 0.2) is 6.61 Å². The van der Waals surface area contributed by atoms with Crippen LogP contribution in [0.5, 0.6) is 11.5 Å². The van der Waals surface area contributed by atoms with Crippen molar-refractivity contribution in [2.45, 2.75) is 13.5 Å². The maximum Gasteiger partial charge on any atom is 0.257 e. The summed E-state index contributed by atoms with van der Waals surface area (Å²) in [6.45, 7) is 2.84. The molecule has 17 heavy (non-hydrogen) atoms. The first kappa shape index (κ1) is 13.3. The highest BCUT2D eigenvalue weighted by Gasteiger charge is 2.04. The topological polar surface area (TPSA) is 73.6 Å². The standard InChI is InChI=1S/C12H18N2O3/c1-3-14-12(15)8-17-11-5-9(7-13)4-10(6-11)16-2/h4-6H,3,7-8,13H2,1-2H3,(H,14,15). The zero-order valence-electron chi connectivity index (χ0n) is 10.2. The van der Waals surface area contributed by atoms with Crippen LogP contribution in [-0.4, -0.2) is 26.2 Å². The fourth-order valence-corrected chi connectivity index (χ4v) is 1.35. The molecule has 0 radical (unpaired) electrons. The molecular formula is C12H18N2O3. The third-order valence-corrected chi connectivity index (χ3v) is 2.16. The third kappa shape index (κ3) is 4.32. The van der Waals surface area contributed by atoms with Crippen molar-refractivity contribution in [2.75, 3.05) is 20.3 Å². The Hall–Kier alpha value is -1.75. The average Bonchev–Trinajstić information content (AvgIpc) is 2.36.